The van der Waals surface area contributed by atoms with Crippen LogP contribution in [0.5, 0.6) is 0 Å². The molecule has 0 radical (unpaired) electrons. The van der Waals surface area contributed by atoms with Crippen LogP contribution < -0.4 is 5.73 Å². The summed E-state index contributed by atoms with van der Waals surface area (Å²) in [7, 11) is 0. The molecular formula is C14H22ClNO. The highest BCUT2D eigenvalue weighted by Crippen LogP contribution is 2.25. The molecular weight excluding hydrogens is 234 g/mol. The minimum absolute atomic E-state index is 0.139. The zero-order chi connectivity index (χ0) is 13.0. The van der Waals surface area contributed by atoms with Crippen LogP contribution in [0.15, 0.2) is 12.1 Å². The summed E-state index contributed by atoms with van der Waals surface area (Å²) in [6.45, 7) is 6.91. The molecule has 2 unspecified atom stereocenters. The number of benzene rings is 1. The summed E-state index contributed by atoms with van der Waals surface area (Å²) in [6, 6.07) is 4.15. The van der Waals surface area contributed by atoms with Crippen LogP contribution in [0.25, 0.3) is 0 Å². The molecule has 2 nitrogen and oxygen atoms in total. The van der Waals surface area contributed by atoms with E-state index in [0.717, 1.165) is 17.0 Å². The van der Waals surface area contributed by atoms with Gasteiger partial charge in [0.1, 0.15) is 0 Å². The molecule has 0 aliphatic rings. The predicted molar refractivity (Wildman–Crippen MR) is 73.4 cm³/mol. The van der Waals surface area contributed by atoms with Crippen molar-refractivity contribution in [3.63, 3.8) is 0 Å². The van der Waals surface area contributed by atoms with Crippen molar-refractivity contribution in [2.24, 2.45) is 17.6 Å². The first-order chi connectivity index (χ1) is 7.99. The molecule has 0 saturated carbocycles. The molecule has 0 aliphatic heterocycles. The van der Waals surface area contributed by atoms with Gasteiger partial charge in [0, 0.05) is 11.6 Å². The molecule has 0 aromatic heterocycles. The third-order valence-electron chi connectivity index (χ3n) is 3.55. The fraction of sp³-hybridized carbons (Fsp3) is 0.571. The molecule has 0 bridgehead atoms. The first-order valence-corrected chi connectivity index (χ1v) is 6.44. The molecule has 2 atom stereocenters. The molecule has 0 heterocycles. The average Bonchev–Trinajstić information content (AvgIpc) is 2.27. The maximum absolute atomic E-state index is 9.23. The topological polar surface area (TPSA) is 46.2 Å². The summed E-state index contributed by atoms with van der Waals surface area (Å²) < 4.78 is 0. The van der Waals surface area contributed by atoms with Gasteiger partial charge in [-0.05, 0) is 61.4 Å². The molecule has 3 heteroatoms. The Labute approximate surface area is 109 Å². The van der Waals surface area contributed by atoms with Crippen LogP contribution in [0.4, 0.5) is 0 Å². The van der Waals surface area contributed by atoms with Crippen LogP contribution in [0.3, 0.4) is 0 Å². The lowest BCUT2D eigenvalue weighted by Crippen LogP contribution is -2.26. The van der Waals surface area contributed by atoms with Gasteiger partial charge in [0.05, 0.1) is 0 Å². The largest absolute Gasteiger partial charge is 0.396 e. The minimum atomic E-state index is 0.139. The SMILES string of the molecule is Cc1cc(Cl)c(CC(C)C(CN)CO)cc1C. The molecule has 0 fully saturated rings. The Morgan fingerprint density at radius 3 is 2.41 bits per heavy atom. The Kier molecular flexibility index (Phi) is 5.44. The highest BCUT2D eigenvalue weighted by atomic mass is 35.5. The van der Waals surface area contributed by atoms with E-state index in [1.165, 1.54) is 11.1 Å². The summed E-state index contributed by atoms with van der Waals surface area (Å²) in [6.07, 6.45) is 0.863. The molecule has 96 valence electrons. The smallest absolute Gasteiger partial charge is 0.0474 e. The Morgan fingerprint density at radius 2 is 1.88 bits per heavy atom. The van der Waals surface area contributed by atoms with Crippen molar-refractivity contribution < 1.29 is 5.11 Å². The van der Waals surface area contributed by atoms with Crippen molar-refractivity contribution in [1.82, 2.24) is 0 Å². The van der Waals surface area contributed by atoms with Gasteiger partial charge in [-0.3, -0.25) is 0 Å². The Balaban J connectivity index is 2.84. The molecule has 0 amide bonds. The van der Waals surface area contributed by atoms with E-state index in [-0.39, 0.29) is 12.5 Å². The number of halogens is 1. The van der Waals surface area contributed by atoms with Crippen molar-refractivity contribution in [1.29, 1.82) is 0 Å². The van der Waals surface area contributed by atoms with Crippen molar-refractivity contribution in [3.8, 4) is 0 Å². The van der Waals surface area contributed by atoms with Crippen molar-refractivity contribution in [3.05, 3.63) is 33.8 Å². The fourth-order valence-corrected chi connectivity index (χ4v) is 2.29. The summed E-state index contributed by atoms with van der Waals surface area (Å²) in [5, 5.41) is 10.0. The lowest BCUT2D eigenvalue weighted by molar-refractivity contribution is 0.187. The Hall–Kier alpha value is -0.570. The van der Waals surface area contributed by atoms with E-state index in [9.17, 15) is 5.11 Å². The number of nitrogens with two attached hydrogens (primary N) is 1. The van der Waals surface area contributed by atoms with Crippen LogP contribution in [-0.4, -0.2) is 18.3 Å². The standard InChI is InChI=1S/C14H22ClNO/c1-9-4-12(14(15)6-10(9)2)5-11(3)13(7-16)8-17/h4,6,11,13,17H,5,7-8,16H2,1-3H3. The van der Waals surface area contributed by atoms with Gasteiger partial charge < -0.3 is 10.8 Å². The predicted octanol–water partition coefficient (Wildman–Crippen LogP) is 2.70. The molecule has 1 rings (SSSR count). The van der Waals surface area contributed by atoms with Gasteiger partial charge in [-0.15, -0.1) is 0 Å². The van der Waals surface area contributed by atoms with E-state index >= 15 is 0 Å². The van der Waals surface area contributed by atoms with Gasteiger partial charge in [-0.25, -0.2) is 0 Å². The summed E-state index contributed by atoms with van der Waals surface area (Å²) in [5.74, 6) is 0.484. The van der Waals surface area contributed by atoms with E-state index in [1.54, 1.807) is 0 Å². The maximum atomic E-state index is 9.23. The second-order valence-electron chi connectivity index (χ2n) is 4.89. The van der Waals surface area contributed by atoms with Crippen molar-refractivity contribution in [2.75, 3.05) is 13.2 Å². The van der Waals surface area contributed by atoms with Crippen LogP contribution in [0, 0.1) is 25.7 Å². The number of hydrogen-bond acceptors (Lipinski definition) is 2. The molecule has 1 aromatic rings. The average molecular weight is 256 g/mol. The second kappa shape index (κ2) is 6.39. The van der Waals surface area contributed by atoms with Gasteiger partial charge in [0.2, 0.25) is 0 Å². The molecule has 17 heavy (non-hydrogen) atoms. The van der Waals surface area contributed by atoms with Crippen molar-refractivity contribution >= 4 is 11.6 Å². The first-order valence-electron chi connectivity index (χ1n) is 6.06. The molecule has 0 spiro atoms. The highest BCUT2D eigenvalue weighted by Gasteiger charge is 2.16. The van der Waals surface area contributed by atoms with E-state index in [1.807, 2.05) is 6.07 Å². The maximum Gasteiger partial charge on any atom is 0.0474 e. The molecule has 0 aliphatic carbocycles. The van der Waals surface area contributed by atoms with Gasteiger partial charge in [-0.1, -0.05) is 24.6 Å². The number of hydrogen-bond donors (Lipinski definition) is 2. The zero-order valence-electron chi connectivity index (χ0n) is 10.8. The third-order valence-corrected chi connectivity index (χ3v) is 3.90. The summed E-state index contributed by atoms with van der Waals surface area (Å²) in [4.78, 5) is 0. The summed E-state index contributed by atoms with van der Waals surface area (Å²) >= 11 is 6.24. The van der Waals surface area contributed by atoms with Gasteiger partial charge >= 0.3 is 0 Å². The van der Waals surface area contributed by atoms with Crippen LogP contribution in [-0.2, 0) is 6.42 Å². The second-order valence-corrected chi connectivity index (χ2v) is 5.29. The van der Waals surface area contributed by atoms with Gasteiger partial charge in [0.15, 0.2) is 0 Å². The molecule has 3 N–H and O–H groups in total. The van der Waals surface area contributed by atoms with E-state index in [2.05, 4.69) is 26.8 Å². The van der Waals surface area contributed by atoms with Crippen LogP contribution in [0.2, 0.25) is 5.02 Å². The minimum Gasteiger partial charge on any atom is -0.396 e. The Morgan fingerprint density at radius 1 is 1.29 bits per heavy atom. The Bertz CT molecular complexity index is 375. The number of aliphatic hydroxyl groups excluding tert-OH is 1. The lowest BCUT2D eigenvalue weighted by atomic mass is 9.88. The van der Waals surface area contributed by atoms with E-state index in [0.29, 0.717) is 12.5 Å². The summed E-state index contributed by atoms with van der Waals surface area (Å²) in [5.41, 5.74) is 9.25. The normalized spacial score (nSPS) is 14.7. The molecule has 1 aromatic carbocycles. The quantitative estimate of drug-likeness (QED) is 0.850. The monoisotopic (exact) mass is 255 g/mol. The van der Waals surface area contributed by atoms with E-state index < -0.39 is 0 Å². The third kappa shape index (κ3) is 3.70. The highest BCUT2D eigenvalue weighted by molar-refractivity contribution is 6.31. The van der Waals surface area contributed by atoms with Crippen LogP contribution in [0.1, 0.15) is 23.6 Å². The van der Waals surface area contributed by atoms with Gasteiger partial charge in [0.25, 0.3) is 0 Å². The number of aliphatic hydroxyl groups is 1. The lowest BCUT2D eigenvalue weighted by Gasteiger charge is -2.21. The molecule has 0 saturated heterocycles. The first kappa shape index (κ1) is 14.5. The van der Waals surface area contributed by atoms with Gasteiger partial charge in [-0.2, -0.15) is 0 Å². The van der Waals surface area contributed by atoms with E-state index in [4.69, 9.17) is 17.3 Å². The zero-order valence-corrected chi connectivity index (χ0v) is 11.6. The number of aryl methyl sites for hydroxylation is 2. The fourth-order valence-electron chi connectivity index (χ4n) is 2.00. The van der Waals surface area contributed by atoms with Crippen molar-refractivity contribution in [2.45, 2.75) is 27.2 Å². The number of rotatable bonds is 5. The van der Waals surface area contributed by atoms with Crippen LogP contribution >= 0.6 is 11.6 Å².